The molecule has 1 heterocycles. The molecule has 0 unspecified atom stereocenters. The van der Waals surface area contributed by atoms with Gasteiger partial charge in [-0.1, -0.05) is 18.2 Å². The Hall–Kier alpha value is -2.37. The van der Waals surface area contributed by atoms with Gasteiger partial charge in [0.25, 0.3) is 0 Å². The summed E-state index contributed by atoms with van der Waals surface area (Å²) < 4.78 is 4.68. The number of nitrogens with zero attached hydrogens (tertiary/aromatic N) is 3. The van der Waals surface area contributed by atoms with E-state index in [-0.39, 0.29) is 18.3 Å². The van der Waals surface area contributed by atoms with Crippen LogP contribution in [0.2, 0.25) is 0 Å². The van der Waals surface area contributed by atoms with Crippen LogP contribution in [0.15, 0.2) is 29.3 Å². The molecule has 0 atom stereocenters. The van der Waals surface area contributed by atoms with Crippen molar-refractivity contribution in [2.75, 3.05) is 27.7 Å². The van der Waals surface area contributed by atoms with E-state index in [1.165, 1.54) is 12.0 Å². The van der Waals surface area contributed by atoms with Gasteiger partial charge in [0.15, 0.2) is 0 Å². The number of hydrogen-bond acceptors (Lipinski definition) is 4. The Labute approximate surface area is 117 Å². The van der Waals surface area contributed by atoms with E-state index in [1.54, 1.807) is 11.9 Å². The zero-order chi connectivity index (χ0) is 14.7. The molecule has 106 valence electrons. The number of guanidine groups is 1. The third-order valence-corrected chi connectivity index (χ3v) is 3.16. The molecule has 1 aromatic carbocycles. The maximum absolute atomic E-state index is 11.6. The van der Waals surface area contributed by atoms with Crippen molar-refractivity contribution in [2.45, 2.75) is 6.42 Å². The topological polar surface area (TPSA) is 62.2 Å². The van der Waals surface area contributed by atoms with Gasteiger partial charge in [-0.05, 0) is 11.6 Å². The summed E-state index contributed by atoms with van der Waals surface area (Å²) in [5, 5.41) is 0. The highest BCUT2D eigenvalue weighted by Gasteiger charge is 2.28. The number of amides is 1. The molecule has 6 heteroatoms. The third-order valence-electron chi connectivity index (χ3n) is 3.16. The van der Waals surface area contributed by atoms with Gasteiger partial charge in [-0.25, -0.2) is 4.99 Å². The number of aliphatic imine (C=N–C) groups is 1. The summed E-state index contributed by atoms with van der Waals surface area (Å²) in [4.78, 5) is 30.8. The standard InChI is InChI=1S/C14H17N3O3/c1-16-9-12(18)17(2)14(16)15-11-7-5-4-6-10(11)8-13(19)20-3/h4-7H,8-9H2,1-3H3. The number of esters is 1. The van der Waals surface area contributed by atoms with Crippen LogP contribution in [0.4, 0.5) is 5.69 Å². The molecular weight excluding hydrogens is 258 g/mol. The smallest absolute Gasteiger partial charge is 0.310 e. The lowest BCUT2D eigenvalue weighted by molar-refractivity contribution is -0.139. The maximum atomic E-state index is 11.6. The molecule has 1 fully saturated rings. The van der Waals surface area contributed by atoms with Crippen LogP contribution in [0.3, 0.4) is 0 Å². The van der Waals surface area contributed by atoms with Crippen molar-refractivity contribution >= 4 is 23.5 Å². The zero-order valence-electron chi connectivity index (χ0n) is 11.8. The minimum Gasteiger partial charge on any atom is -0.469 e. The number of carbonyl (C=O) groups is 2. The van der Waals surface area contributed by atoms with E-state index in [9.17, 15) is 9.59 Å². The van der Waals surface area contributed by atoms with Gasteiger partial charge >= 0.3 is 5.97 Å². The summed E-state index contributed by atoms with van der Waals surface area (Å²) in [6.07, 6.45) is 0.158. The quantitative estimate of drug-likeness (QED) is 0.765. The van der Waals surface area contributed by atoms with E-state index in [1.807, 2.05) is 31.3 Å². The minimum atomic E-state index is -0.318. The third kappa shape index (κ3) is 2.79. The molecule has 1 aliphatic rings. The van der Waals surface area contributed by atoms with E-state index < -0.39 is 0 Å². The number of hydrogen-bond donors (Lipinski definition) is 0. The summed E-state index contributed by atoms with van der Waals surface area (Å²) >= 11 is 0. The first-order chi connectivity index (χ1) is 9.52. The van der Waals surface area contributed by atoms with E-state index in [2.05, 4.69) is 9.73 Å². The van der Waals surface area contributed by atoms with Gasteiger partial charge in [0.1, 0.15) is 0 Å². The first kappa shape index (κ1) is 14.0. The van der Waals surface area contributed by atoms with Gasteiger partial charge < -0.3 is 9.64 Å². The van der Waals surface area contributed by atoms with E-state index in [0.717, 1.165) is 5.56 Å². The monoisotopic (exact) mass is 275 g/mol. The van der Waals surface area contributed by atoms with Crippen LogP contribution >= 0.6 is 0 Å². The molecule has 1 aliphatic heterocycles. The lowest BCUT2D eigenvalue weighted by atomic mass is 10.1. The summed E-state index contributed by atoms with van der Waals surface area (Å²) in [7, 11) is 4.85. The second-order valence-electron chi connectivity index (χ2n) is 4.60. The van der Waals surface area contributed by atoms with Gasteiger partial charge in [-0.2, -0.15) is 0 Å². The molecule has 0 N–H and O–H groups in total. The number of rotatable bonds is 3. The summed E-state index contributed by atoms with van der Waals surface area (Å²) in [6.45, 7) is 0.314. The van der Waals surface area contributed by atoms with Crippen LogP contribution in [0, 0.1) is 0 Å². The van der Waals surface area contributed by atoms with Crippen LogP contribution in [-0.4, -0.2) is 55.4 Å². The van der Waals surface area contributed by atoms with Crippen LogP contribution in [-0.2, 0) is 20.7 Å². The summed E-state index contributed by atoms with van der Waals surface area (Å²) in [5.74, 6) is 0.255. The van der Waals surface area contributed by atoms with Crippen molar-refractivity contribution < 1.29 is 14.3 Å². The SMILES string of the molecule is COC(=O)Cc1ccccc1N=C1N(C)CC(=O)N1C. The molecule has 0 saturated carbocycles. The normalized spacial score (nSPS) is 16.9. The van der Waals surface area contributed by atoms with Crippen molar-refractivity contribution in [1.29, 1.82) is 0 Å². The molecule has 0 bridgehead atoms. The second-order valence-corrected chi connectivity index (χ2v) is 4.60. The van der Waals surface area contributed by atoms with Gasteiger partial charge in [0.05, 0.1) is 25.8 Å². The van der Waals surface area contributed by atoms with Gasteiger partial charge in [0, 0.05) is 14.1 Å². The minimum absolute atomic E-state index is 0.00306. The van der Waals surface area contributed by atoms with Crippen LogP contribution < -0.4 is 0 Å². The first-order valence-electron chi connectivity index (χ1n) is 6.24. The summed E-state index contributed by atoms with van der Waals surface area (Å²) in [6, 6.07) is 7.33. The number of methoxy groups -OCH3 is 1. The van der Waals surface area contributed by atoms with Crippen LogP contribution in [0.25, 0.3) is 0 Å². The zero-order valence-corrected chi connectivity index (χ0v) is 11.8. The molecule has 1 saturated heterocycles. The average molecular weight is 275 g/mol. The molecule has 6 nitrogen and oxygen atoms in total. The van der Waals surface area contributed by atoms with E-state index >= 15 is 0 Å². The fourth-order valence-corrected chi connectivity index (χ4v) is 2.01. The van der Waals surface area contributed by atoms with Gasteiger partial charge in [-0.3, -0.25) is 14.5 Å². The maximum Gasteiger partial charge on any atom is 0.310 e. The molecule has 2 rings (SSSR count). The Bertz CT molecular complexity index is 569. The highest BCUT2D eigenvalue weighted by molar-refractivity contribution is 6.04. The molecule has 20 heavy (non-hydrogen) atoms. The lowest BCUT2D eigenvalue weighted by Crippen LogP contribution is -2.29. The Morgan fingerprint density at radius 1 is 1.35 bits per heavy atom. The number of ether oxygens (including phenoxy) is 1. The highest BCUT2D eigenvalue weighted by Crippen LogP contribution is 2.22. The Balaban J connectivity index is 2.34. The predicted molar refractivity (Wildman–Crippen MR) is 74.7 cm³/mol. The molecule has 0 radical (unpaired) electrons. The van der Waals surface area contributed by atoms with Crippen molar-refractivity contribution in [2.24, 2.45) is 4.99 Å². The molecule has 0 spiro atoms. The predicted octanol–water partition coefficient (Wildman–Crippen LogP) is 0.793. The fourth-order valence-electron chi connectivity index (χ4n) is 2.01. The first-order valence-corrected chi connectivity index (χ1v) is 6.24. The molecule has 0 aliphatic carbocycles. The largest absolute Gasteiger partial charge is 0.469 e. The fraction of sp³-hybridized carbons (Fsp3) is 0.357. The number of likely N-dealkylation sites (N-methyl/N-ethyl adjacent to an activating group) is 2. The Kier molecular flexibility index (Phi) is 4.02. The molecule has 0 aromatic heterocycles. The van der Waals surface area contributed by atoms with E-state index in [4.69, 9.17) is 0 Å². The van der Waals surface area contributed by atoms with Crippen molar-refractivity contribution in [1.82, 2.24) is 9.80 Å². The Morgan fingerprint density at radius 2 is 2.05 bits per heavy atom. The summed E-state index contributed by atoms with van der Waals surface area (Å²) in [5.41, 5.74) is 1.44. The number of benzene rings is 1. The molecule has 1 amide bonds. The second kappa shape index (κ2) is 5.73. The number of carbonyl (C=O) groups excluding carboxylic acids is 2. The van der Waals surface area contributed by atoms with Crippen LogP contribution in [0.5, 0.6) is 0 Å². The van der Waals surface area contributed by atoms with Gasteiger partial charge in [-0.15, -0.1) is 0 Å². The van der Waals surface area contributed by atoms with Gasteiger partial charge in [0.2, 0.25) is 11.9 Å². The number of para-hydroxylation sites is 1. The van der Waals surface area contributed by atoms with E-state index in [0.29, 0.717) is 18.2 Å². The lowest BCUT2D eigenvalue weighted by Gasteiger charge is -2.15. The van der Waals surface area contributed by atoms with Crippen molar-refractivity contribution in [3.05, 3.63) is 29.8 Å². The van der Waals surface area contributed by atoms with Crippen LogP contribution in [0.1, 0.15) is 5.56 Å². The average Bonchev–Trinajstić information content (AvgIpc) is 2.67. The Morgan fingerprint density at radius 3 is 2.65 bits per heavy atom. The van der Waals surface area contributed by atoms with Crippen molar-refractivity contribution in [3.8, 4) is 0 Å². The highest BCUT2D eigenvalue weighted by atomic mass is 16.5. The molecule has 1 aromatic rings. The molecular formula is C14H17N3O3. The van der Waals surface area contributed by atoms with Crippen molar-refractivity contribution in [3.63, 3.8) is 0 Å².